The summed E-state index contributed by atoms with van der Waals surface area (Å²) in [6.07, 6.45) is 2.82. The van der Waals surface area contributed by atoms with Crippen LogP contribution in [0.4, 0.5) is 0 Å². The van der Waals surface area contributed by atoms with Crippen molar-refractivity contribution in [2.45, 2.75) is 39.8 Å². The summed E-state index contributed by atoms with van der Waals surface area (Å²) >= 11 is 0. The molecule has 5 nitrogen and oxygen atoms in total. The lowest BCUT2D eigenvalue weighted by Crippen LogP contribution is -2.38. The lowest BCUT2D eigenvalue weighted by molar-refractivity contribution is 0.239. The molecule has 0 amide bonds. The standard InChI is InChI=1S/C20H28N4O.HI/c1-15(2)25-19-13-16(3)8-9-17(19)14-24-20(21-4)23-12-10-18-7-5-6-11-22-18;/h5-9,11,13,15H,10,12,14H2,1-4H3,(H2,21,23,24);1H. The first-order valence-electron chi connectivity index (χ1n) is 8.69. The molecule has 1 aromatic heterocycles. The maximum Gasteiger partial charge on any atom is 0.191 e. The second kappa shape index (κ2) is 11.7. The highest BCUT2D eigenvalue weighted by Gasteiger charge is 2.07. The van der Waals surface area contributed by atoms with Gasteiger partial charge < -0.3 is 15.4 Å². The van der Waals surface area contributed by atoms with Crippen molar-refractivity contribution < 1.29 is 4.74 Å². The molecule has 0 aliphatic heterocycles. The lowest BCUT2D eigenvalue weighted by Gasteiger charge is -2.17. The van der Waals surface area contributed by atoms with Crippen LogP contribution in [0.15, 0.2) is 47.6 Å². The van der Waals surface area contributed by atoms with Crippen molar-refractivity contribution in [3.05, 3.63) is 59.4 Å². The Hall–Kier alpha value is -1.83. The average molecular weight is 468 g/mol. The van der Waals surface area contributed by atoms with Crippen LogP contribution in [0.25, 0.3) is 0 Å². The molecular formula is C20H29IN4O. The highest BCUT2D eigenvalue weighted by molar-refractivity contribution is 14.0. The van der Waals surface area contributed by atoms with Crippen LogP contribution < -0.4 is 15.4 Å². The highest BCUT2D eigenvalue weighted by Crippen LogP contribution is 2.21. The van der Waals surface area contributed by atoms with Gasteiger partial charge in [0.25, 0.3) is 0 Å². The van der Waals surface area contributed by atoms with E-state index in [-0.39, 0.29) is 30.1 Å². The van der Waals surface area contributed by atoms with Crippen LogP contribution in [-0.4, -0.2) is 30.6 Å². The molecular weight excluding hydrogens is 439 g/mol. The normalized spacial score (nSPS) is 11.0. The summed E-state index contributed by atoms with van der Waals surface area (Å²) in [5.74, 6) is 1.69. The monoisotopic (exact) mass is 468 g/mol. The van der Waals surface area contributed by atoms with Crippen LogP contribution >= 0.6 is 24.0 Å². The quantitative estimate of drug-likeness (QED) is 0.370. The zero-order valence-electron chi connectivity index (χ0n) is 16.0. The summed E-state index contributed by atoms with van der Waals surface area (Å²) in [6, 6.07) is 12.2. The molecule has 0 atom stereocenters. The van der Waals surface area contributed by atoms with Crippen LogP contribution in [0.5, 0.6) is 5.75 Å². The summed E-state index contributed by atoms with van der Waals surface area (Å²) < 4.78 is 5.92. The summed E-state index contributed by atoms with van der Waals surface area (Å²) in [7, 11) is 1.77. The smallest absolute Gasteiger partial charge is 0.191 e. The van der Waals surface area contributed by atoms with Crippen LogP contribution in [-0.2, 0) is 13.0 Å². The van der Waals surface area contributed by atoms with Crippen molar-refractivity contribution in [1.29, 1.82) is 0 Å². The number of hydrogen-bond donors (Lipinski definition) is 2. The van der Waals surface area contributed by atoms with E-state index in [1.807, 2.05) is 38.2 Å². The molecule has 0 unspecified atom stereocenters. The predicted molar refractivity (Wildman–Crippen MR) is 119 cm³/mol. The van der Waals surface area contributed by atoms with E-state index in [0.717, 1.165) is 35.9 Å². The molecule has 6 heteroatoms. The van der Waals surface area contributed by atoms with E-state index in [4.69, 9.17) is 4.74 Å². The Bertz CT molecular complexity index is 689. The molecule has 2 N–H and O–H groups in total. The SMILES string of the molecule is CN=C(NCCc1ccccn1)NCc1ccc(C)cc1OC(C)C.I. The van der Waals surface area contributed by atoms with E-state index >= 15 is 0 Å². The molecule has 1 aromatic carbocycles. The molecule has 0 saturated carbocycles. The van der Waals surface area contributed by atoms with Gasteiger partial charge >= 0.3 is 0 Å². The fourth-order valence-corrected chi connectivity index (χ4v) is 2.43. The van der Waals surface area contributed by atoms with Gasteiger partial charge in [0.05, 0.1) is 6.10 Å². The van der Waals surface area contributed by atoms with Gasteiger partial charge in [-0.3, -0.25) is 9.98 Å². The zero-order chi connectivity index (χ0) is 18.1. The van der Waals surface area contributed by atoms with Crippen molar-refractivity contribution >= 4 is 29.9 Å². The average Bonchev–Trinajstić information content (AvgIpc) is 2.59. The molecule has 0 fully saturated rings. The molecule has 0 saturated heterocycles. The molecule has 1 heterocycles. The van der Waals surface area contributed by atoms with Gasteiger partial charge in [-0.1, -0.05) is 18.2 Å². The number of hydrogen-bond acceptors (Lipinski definition) is 3. The first kappa shape index (κ1) is 22.2. The second-order valence-electron chi connectivity index (χ2n) is 6.20. The topological polar surface area (TPSA) is 58.5 Å². The van der Waals surface area contributed by atoms with E-state index in [2.05, 4.69) is 45.7 Å². The number of guanidine groups is 1. The number of rotatable bonds is 7. The number of pyridine rings is 1. The Morgan fingerprint density at radius 2 is 2.00 bits per heavy atom. The molecule has 26 heavy (non-hydrogen) atoms. The third kappa shape index (κ3) is 7.59. The molecule has 2 aromatic rings. The maximum absolute atomic E-state index is 5.92. The first-order valence-corrected chi connectivity index (χ1v) is 8.69. The molecule has 0 aliphatic rings. The number of aliphatic imine (C=N–C) groups is 1. The molecule has 0 spiro atoms. The zero-order valence-corrected chi connectivity index (χ0v) is 18.3. The van der Waals surface area contributed by atoms with Gasteiger partial charge in [-0.05, 0) is 44.5 Å². The Labute approximate surface area is 173 Å². The number of nitrogens with one attached hydrogen (secondary N) is 2. The molecule has 142 valence electrons. The van der Waals surface area contributed by atoms with Gasteiger partial charge in [0.15, 0.2) is 5.96 Å². The van der Waals surface area contributed by atoms with Crippen molar-refractivity contribution in [3.63, 3.8) is 0 Å². The number of halogens is 1. The minimum absolute atomic E-state index is 0. The molecule has 0 aliphatic carbocycles. The van der Waals surface area contributed by atoms with E-state index in [0.29, 0.717) is 6.54 Å². The lowest BCUT2D eigenvalue weighted by atomic mass is 10.1. The third-order valence-corrected chi connectivity index (χ3v) is 3.65. The van der Waals surface area contributed by atoms with E-state index < -0.39 is 0 Å². The molecule has 2 rings (SSSR count). The third-order valence-electron chi connectivity index (χ3n) is 3.65. The van der Waals surface area contributed by atoms with Gasteiger partial charge in [0.2, 0.25) is 0 Å². The summed E-state index contributed by atoms with van der Waals surface area (Å²) in [6.45, 7) is 7.59. The number of nitrogens with zero attached hydrogens (tertiary/aromatic N) is 2. The van der Waals surface area contributed by atoms with Crippen molar-refractivity contribution in [2.24, 2.45) is 4.99 Å². The Morgan fingerprint density at radius 1 is 1.19 bits per heavy atom. The van der Waals surface area contributed by atoms with Gasteiger partial charge in [-0.25, -0.2) is 0 Å². The minimum Gasteiger partial charge on any atom is -0.491 e. The first-order chi connectivity index (χ1) is 12.1. The fourth-order valence-electron chi connectivity index (χ4n) is 2.43. The van der Waals surface area contributed by atoms with Gasteiger partial charge in [-0.2, -0.15) is 0 Å². The van der Waals surface area contributed by atoms with Gasteiger partial charge in [0.1, 0.15) is 5.75 Å². The predicted octanol–water partition coefficient (Wildman–Crippen LogP) is 3.70. The maximum atomic E-state index is 5.92. The number of benzene rings is 1. The Kier molecular flexibility index (Phi) is 10.0. The van der Waals surface area contributed by atoms with Crippen LogP contribution in [0.2, 0.25) is 0 Å². The van der Waals surface area contributed by atoms with E-state index in [9.17, 15) is 0 Å². The Morgan fingerprint density at radius 3 is 2.65 bits per heavy atom. The van der Waals surface area contributed by atoms with Crippen LogP contribution in [0.1, 0.15) is 30.7 Å². The van der Waals surface area contributed by atoms with E-state index in [1.54, 1.807) is 7.05 Å². The van der Waals surface area contributed by atoms with Gasteiger partial charge in [0, 0.05) is 44.0 Å². The summed E-state index contributed by atoms with van der Waals surface area (Å²) in [5.41, 5.74) is 3.38. The highest BCUT2D eigenvalue weighted by atomic mass is 127. The van der Waals surface area contributed by atoms with Gasteiger partial charge in [-0.15, -0.1) is 24.0 Å². The number of ether oxygens (including phenoxy) is 1. The number of aromatic nitrogens is 1. The van der Waals surface area contributed by atoms with Crippen molar-refractivity contribution in [2.75, 3.05) is 13.6 Å². The van der Waals surface area contributed by atoms with Crippen LogP contribution in [0, 0.1) is 6.92 Å². The Balaban J connectivity index is 0.00000338. The summed E-state index contributed by atoms with van der Waals surface area (Å²) in [4.78, 5) is 8.60. The molecule has 0 bridgehead atoms. The largest absolute Gasteiger partial charge is 0.491 e. The summed E-state index contributed by atoms with van der Waals surface area (Å²) in [5, 5.41) is 6.66. The van der Waals surface area contributed by atoms with Crippen molar-refractivity contribution in [1.82, 2.24) is 15.6 Å². The van der Waals surface area contributed by atoms with Crippen LogP contribution in [0.3, 0.4) is 0 Å². The minimum atomic E-state index is 0. The number of aryl methyl sites for hydroxylation is 1. The second-order valence-corrected chi connectivity index (χ2v) is 6.20. The molecule has 0 radical (unpaired) electrons. The fraction of sp³-hybridized carbons (Fsp3) is 0.400. The van der Waals surface area contributed by atoms with E-state index in [1.165, 1.54) is 5.56 Å². The van der Waals surface area contributed by atoms with Crippen molar-refractivity contribution in [3.8, 4) is 5.75 Å².